The first-order chi connectivity index (χ1) is 8.56. The first kappa shape index (κ1) is 13.4. The second kappa shape index (κ2) is 5.72. The summed E-state index contributed by atoms with van der Waals surface area (Å²) >= 11 is 9.10. The Morgan fingerprint density at radius 1 is 1.22 bits per heavy atom. The lowest BCUT2D eigenvalue weighted by Gasteiger charge is -2.09. The minimum absolute atomic E-state index is 0.171. The third kappa shape index (κ3) is 3.24. The van der Waals surface area contributed by atoms with Crippen LogP contribution in [0.2, 0.25) is 5.02 Å². The summed E-state index contributed by atoms with van der Waals surface area (Å²) in [6.45, 7) is 2.16. The van der Waals surface area contributed by atoms with Gasteiger partial charge in [-0.3, -0.25) is 0 Å². The Morgan fingerprint density at radius 2 is 2.00 bits per heavy atom. The molecule has 0 aliphatic heterocycles. The van der Waals surface area contributed by atoms with Gasteiger partial charge in [0.05, 0.1) is 4.47 Å². The summed E-state index contributed by atoms with van der Waals surface area (Å²) in [6, 6.07) is 10.3. The van der Waals surface area contributed by atoms with E-state index in [9.17, 15) is 4.39 Å². The first-order valence-electron chi connectivity index (χ1n) is 5.39. The molecule has 0 atom stereocenters. The Kier molecular flexibility index (Phi) is 4.25. The zero-order valence-corrected chi connectivity index (χ0v) is 12.1. The van der Waals surface area contributed by atoms with E-state index in [1.54, 1.807) is 12.1 Å². The summed E-state index contributed by atoms with van der Waals surface area (Å²) in [6.07, 6.45) is 0. The van der Waals surface area contributed by atoms with Crippen LogP contribution in [0.4, 0.5) is 4.39 Å². The SMILES string of the molecule is Cc1ccc(OCc2ccc(Cl)cc2F)c(Br)c1. The first-order valence-corrected chi connectivity index (χ1v) is 6.56. The maximum Gasteiger partial charge on any atom is 0.134 e. The van der Waals surface area contributed by atoms with Crippen molar-refractivity contribution in [2.75, 3.05) is 0 Å². The Bertz CT molecular complexity index is 520. The number of halogens is 3. The molecule has 2 rings (SSSR count). The molecule has 2 aromatic carbocycles. The van der Waals surface area contributed by atoms with E-state index in [2.05, 4.69) is 15.9 Å². The van der Waals surface area contributed by atoms with Gasteiger partial charge in [-0.05, 0) is 52.7 Å². The Morgan fingerprint density at radius 3 is 2.67 bits per heavy atom. The molecule has 4 heteroatoms. The van der Waals surface area contributed by atoms with Crippen molar-refractivity contribution < 1.29 is 9.13 Å². The molecule has 18 heavy (non-hydrogen) atoms. The summed E-state index contributed by atoms with van der Waals surface area (Å²) in [5.74, 6) is 0.334. The summed E-state index contributed by atoms with van der Waals surface area (Å²) in [5, 5.41) is 0.382. The molecule has 0 aliphatic rings. The third-order valence-corrected chi connectivity index (χ3v) is 3.34. The lowest BCUT2D eigenvalue weighted by molar-refractivity contribution is 0.298. The number of ether oxygens (including phenoxy) is 1. The molecule has 0 aromatic heterocycles. The van der Waals surface area contributed by atoms with E-state index in [1.165, 1.54) is 6.07 Å². The largest absolute Gasteiger partial charge is 0.488 e. The summed E-state index contributed by atoms with van der Waals surface area (Å²) in [7, 11) is 0. The fourth-order valence-electron chi connectivity index (χ4n) is 1.52. The van der Waals surface area contributed by atoms with Crippen molar-refractivity contribution in [3.05, 3.63) is 62.8 Å². The topological polar surface area (TPSA) is 9.23 Å². The van der Waals surface area contributed by atoms with Gasteiger partial charge in [0.1, 0.15) is 18.2 Å². The van der Waals surface area contributed by atoms with E-state index in [0.717, 1.165) is 10.0 Å². The molecule has 0 saturated heterocycles. The van der Waals surface area contributed by atoms with Crippen LogP contribution < -0.4 is 4.74 Å². The Hall–Kier alpha value is -1.06. The van der Waals surface area contributed by atoms with Crippen LogP contribution in [0.15, 0.2) is 40.9 Å². The summed E-state index contributed by atoms with van der Waals surface area (Å²) in [4.78, 5) is 0. The molecule has 0 heterocycles. The Labute approximate surface area is 119 Å². The number of hydrogen-bond donors (Lipinski definition) is 0. The van der Waals surface area contributed by atoms with E-state index < -0.39 is 0 Å². The van der Waals surface area contributed by atoms with Gasteiger partial charge in [-0.25, -0.2) is 4.39 Å². The van der Waals surface area contributed by atoms with Gasteiger partial charge >= 0.3 is 0 Å². The van der Waals surface area contributed by atoms with E-state index in [1.807, 2.05) is 25.1 Å². The Balaban J connectivity index is 2.11. The summed E-state index contributed by atoms with van der Waals surface area (Å²) in [5.41, 5.74) is 1.61. The zero-order chi connectivity index (χ0) is 13.1. The molecule has 0 N–H and O–H groups in total. The van der Waals surface area contributed by atoms with Gasteiger partial charge in [0.25, 0.3) is 0 Å². The third-order valence-electron chi connectivity index (χ3n) is 2.49. The van der Waals surface area contributed by atoms with Crippen molar-refractivity contribution in [2.24, 2.45) is 0 Å². The molecular formula is C14H11BrClFO. The average molecular weight is 330 g/mol. The van der Waals surface area contributed by atoms with Crippen molar-refractivity contribution >= 4 is 27.5 Å². The van der Waals surface area contributed by atoms with Crippen molar-refractivity contribution in [2.45, 2.75) is 13.5 Å². The van der Waals surface area contributed by atoms with Crippen LogP contribution >= 0.6 is 27.5 Å². The van der Waals surface area contributed by atoms with Crippen LogP contribution in [0, 0.1) is 12.7 Å². The van der Waals surface area contributed by atoms with E-state index >= 15 is 0 Å². The highest BCUT2D eigenvalue weighted by Crippen LogP contribution is 2.27. The minimum Gasteiger partial charge on any atom is -0.488 e. The minimum atomic E-state index is -0.356. The van der Waals surface area contributed by atoms with E-state index in [4.69, 9.17) is 16.3 Å². The van der Waals surface area contributed by atoms with Crippen molar-refractivity contribution in [1.29, 1.82) is 0 Å². The molecular weight excluding hydrogens is 319 g/mol. The molecule has 94 valence electrons. The van der Waals surface area contributed by atoms with Gasteiger partial charge in [0, 0.05) is 10.6 Å². The molecule has 0 spiro atoms. The van der Waals surface area contributed by atoms with Crippen molar-refractivity contribution in [1.82, 2.24) is 0 Å². The molecule has 0 aliphatic carbocycles. The zero-order valence-electron chi connectivity index (χ0n) is 9.71. The number of benzene rings is 2. The molecule has 2 aromatic rings. The fourth-order valence-corrected chi connectivity index (χ4v) is 2.28. The monoisotopic (exact) mass is 328 g/mol. The highest BCUT2D eigenvalue weighted by Gasteiger charge is 2.06. The second-order valence-corrected chi connectivity index (χ2v) is 5.25. The van der Waals surface area contributed by atoms with Crippen molar-refractivity contribution in [3.8, 4) is 5.75 Å². The fraction of sp³-hybridized carbons (Fsp3) is 0.143. The molecule has 0 unspecified atom stereocenters. The molecule has 0 saturated carbocycles. The van der Waals surface area contributed by atoms with Crippen LogP contribution in [0.25, 0.3) is 0 Å². The van der Waals surface area contributed by atoms with Gasteiger partial charge in [0.15, 0.2) is 0 Å². The van der Waals surface area contributed by atoms with Crippen LogP contribution in [0.3, 0.4) is 0 Å². The number of aryl methyl sites for hydroxylation is 1. The van der Waals surface area contributed by atoms with Crippen molar-refractivity contribution in [3.63, 3.8) is 0 Å². The van der Waals surface area contributed by atoms with Gasteiger partial charge in [-0.2, -0.15) is 0 Å². The predicted octanol–water partition coefficient (Wildman–Crippen LogP) is 5.13. The standard InChI is InChI=1S/C14H11BrClFO/c1-9-2-5-14(12(15)6-9)18-8-10-3-4-11(16)7-13(10)17/h2-7H,8H2,1H3. The van der Waals surface area contributed by atoms with Crippen LogP contribution in [-0.4, -0.2) is 0 Å². The lowest BCUT2D eigenvalue weighted by Crippen LogP contribution is -1.99. The second-order valence-electron chi connectivity index (χ2n) is 3.96. The van der Waals surface area contributed by atoms with Crippen LogP contribution in [0.1, 0.15) is 11.1 Å². The normalized spacial score (nSPS) is 10.4. The maximum absolute atomic E-state index is 13.5. The van der Waals surface area contributed by atoms with Gasteiger partial charge < -0.3 is 4.74 Å². The van der Waals surface area contributed by atoms with Gasteiger partial charge in [0.2, 0.25) is 0 Å². The molecule has 0 fully saturated rings. The smallest absolute Gasteiger partial charge is 0.134 e. The summed E-state index contributed by atoms with van der Waals surface area (Å²) < 4.78 is 20.0. The number of hydrogen-bond acceptors (Lipinski definition) is 1. The number of rotatable bonds is 3. The molecule has 0 radical (unpaired) electrons. The van der Waals surface area contributed by atoms with Gasteiger partial charge in [-0.15, -0.1) is 0 Å². The quantitative estimate of drug-likeness (QED) is 0.758. The molecule has 0 amide bonds. The molecule has 0 bridgehead atoms. The highest BCUT2D eigenvalue weighted by atomic mass is 79.9. The molecule has 1 nitrogen and oxygen atoms in total. The van der Waals surface area contributed by atoms with Gasteiger partial charge in [-0.1, -0.05) is 23.7 Å². The highest BCUT2D eigenvalue weighted by molar-refractivity contribution is 9.10. The van der Waals surface area contributed by atoms with E-state index in [-0.39, 0.29) is 12.4 Å². The predicted molar refractivity (Wildman–Crippen MR) is 74.6 cm³/mol. The average Bonchev–Trinajstić information content (AvgIpc) is 2.30. The van der Waals surface area contributed by atoms with Crippen LogP contribution in [-0.2, 0) is 6.61 Å². The van der Waals surface area contributed by atoms with E-state index in [0.29, 0.717) is 16.3 Å². The lowest BCUT2D eigenvalue weighted by atomic mass is 10.2. The maximum atomic E-state index is 13.5. The van der Waals surface area contributed by atoms with Crippen LogP contribution in [0.5, 0.6) is 5.75 Å².